The highest BCUT2D eigenvalue weighted by atomic mass is 16.3. The molecule has 0 saturated heterocycles. The molecule has 0 bridgehead atoms. The predicted molar refractivity (Wildman–Crippen MR) is 67.9 cm³/mol. The zero-order chi connectivity index (χ0) is 12.5. The van der Waals surface area contributed by atoms with Crippen LogP contribution in [0.3, 0.4) is 0 Å². The highest BCUT2D eigenvalue weighted by Crippen LogP contribution is 2.42. The third-order valence-corrected chi connectivity index (χ3v) is 3.93. The zero-order valence-corrected chi connectivity index (χ0v) is 11.9. The Balaban J connectivity index is 4.39. The van der Waals surface area contributed by atoms with E-state index in [4.69, 9.17) is 0 Å². The molecule has 15 heavy (non-hydrogen) atoms. The summed E-state index contributed by atoms with van der Waals surface area (Å²) in [4.78, 5) is 0. The van der Waals surface area contributed by atoms with E-state index in [1.165, 1.54) is 0 Å². The van der Waals surface area contributed by atoms with Crippen molar-refractivity contribution in [3.8, 4) is 0 Å². The first-order valence-corrected chi connectivity index (χ1v) is 6.06. The number of rotatable bonds is 3. The fourth-order valence-electron chi connectivity index (χ4n) is 1.43. The van der Waals surface area contributed by atoms with Gasteiger partial charge in [-0.15, -0.1) is 0 Å². The minimum absolute atomic E-state index is 0.0295. The van der Waals surface area contributed by atoms with Crippen molar-refractivity contribution in [1.82, 2.24) is 0 Å². The Bertz CT molecular complexity index is 190. The molecular weight excluding hydrogens is 184 g/mol. The van der Waals surface area contributed by atoms with Gasteiger partial charge in [0.15, 0.2) is 0 Å². The maximum absolute atomic E-state index is 10.3. The normalized spacial score (nSPS) is 16.6. The van der Waals surface area contributed by atoms with Crippen molar-refractivity contribution in [1.29, 1.82) is 0 Å². The summed E-state index contributed by atoms with van der Waals surface area (Å²) in [6.45, 7) is 17.6. The first-order valence-electron chi connectivity index (χ1n) is 6.06. The first-order chi connectivity index (χ1) is 6.38. The van der Waals surface area contributed by atoms with Crippen LogP contribution in [0.5, 0.6) is 0 Å². The average Bonchev–Trinajstić information content (AvgIpc) is 1.96. The molecule has 0 amide bonds. The van der Waals surface area contributed by atoms with Crippen LogP contribution >= 0.6 is 0 Å². The van der Waals surface area contributed by atoms with E-state index in [-0.39, 0.29) is 16.9 Å². The maximum Gasteiger partial charge on any atom is 0.0596 e. The molecule has 1 N–H and O–H groups in total. The molecule has 0 saturated carbocycles. The molecule has 92 valence electrons. The van der Waals surface area contributed by atoms with Crippen molar-refractivity contribution in [3.63, 3.8) is 0 Å². The summed E-state index contributed by atoms with van der Waals surface area (Å²) in [6, 6.07) is 0. The van der Waals surface area contributed by atoms with Gasteiger partial charge in [-0.25, -0.2) is 0 Å². The molecule has 0 aromatic rings. The van der Waals surface area contributed by atoms with E-state index in [1.807, 2.05) is 0 Å². The molecule has 1 atom stereocenters. The summed E-state index contributed by atoms with van der Waals surface area (Å²) < 4.78 is 0. The van der Waals surface area contributed by atoms with E-state index in [1.54, 1.807) is 0 Å². The lowest BCUT2D eigenvalue weighted by atomic mass is 9.64. The lowest BCUT2D eigenvalue weighted by Gasteiger charge is -2.43. The topological polar surface area (TPSA) is 20.2 Å². The fraction of sp³-hybridized carbons (Fsp3) is 1.00. The van der Waals surface area contributed by atoms with Gasteiger partial charge < -0.3 is 5.11 Å². The lowest BCUT2D eigenvalue weighted by molar-refractivity contribution is -0.0364. The van der Waals surface area contributed by atoms with Gasteiger partial charge in [-0.05, 0) is 29.1 Å². The highest BCUT2D eigenvalue weighted by molar-refractivity contribution is 4.89. The van der Waals surface area contributed by atoms with Crippen molar-refractivity contribution in [2.75, 3.05) is 0 Å². The van der Waals surface area contributed by atoms with Crippen molar-refractivity contribution in [2.45, 2.75) is 74.3 Å². The Morgan fingerprint density at radius 2 is 1.27 bits per heavy atom. The summed E-state index contributed by atoms with van der Waals surface area (Å²) in [5, 5.41) is 10.3. The summed E-state index contributed by atoms with van der Waals surface area (Å²) in [6.07, 6.45) is 1.76. The third-order valence-electron chi connectivity index (χ3n) is 3.93. The highest BCUT2D eigenvalue weighted by Gasteiger charge is 2.39. The van der Waals surface area contributed by atoms with Gasteiger partial charge in [0, 0.05) is 0 Å². The number of hydrogen-bond donors (Lipinski definition) is 1. The van der Waals surface area contributed by atoms with Gasteiger partial charge >= 0.3 is 0 Å². The first kappa shape index (κ1) is 15.0. The number of aliphatic hydroxyl groups is 1. The molecule has 0 aromatic heterocycles. The smallest absolute Gasteiger partial charge is 0.0596 e. The Morgan fingerprint density at radius 1 is 0.867 bits per heavy atom. The maximum atomic E-state index is 10.3. The monoisotopic (exact) mass is 214 g/mol. The summed E-state index contributed by atoms with van der Waals surface area (Å²) in [7, 11) is 0. The van der Waals surface area contributed by atoms with Crippen molar-refractivity contribution >= 4 is 0 Å². The lowest BCUT2D eigenvalue weighted by Crippen LogP contribution is -2.41. The van der Waals surface area contributed by atoms with E-state index in [0.717, 1.165) is 12.8 Å². The second-order valence-corrected chi connectivity index (χ2v) is 7.59. The molecule has 0 rings (SSSR count). The van der Waals surface area contributed by atoms with Crippen LogP contribution in [0.25, 0.3) is 0 Å². The molecule has 0 radical (unpaired) electrons. The van der Waals surface area contributed by atoms with Crippen LogP contribution in [-0.2, 0) is 0 Å². The van der Waals surface area contributed by atoms with Crippen LogP contribution in [0, 0.1) is 16.2 Å². The van der Waals surface area contributed by atoms with Gasteiger partial charge in [-0.1, -0.05) is 55.4 Å². The van der Waals surface area contributed by atoms with Crippen LogP contribution in [0.4, 0.5) is 0 Å². The van der Waals surface area contributed by atoms with Gasteiger partial charge in [0.1, 0.15) is 0 Å². The summed E-state index contributed by atoms with van der Waals surface area (Å²) in [5.74, 6) is 0. The molecule has 1 nitrogen and oxygen atoms in total. The van der Waals surface area contributed by atoms with Crippen LogP contribution < -0.4 is 0 Å². The van der Waals surface area contributed by atoms with Crippen LogP contribution in [0.2, 0.25) is 0 Å². The Morgan fingerprint density at radius 3 is 1.53 bits per heavy atom. The van der Waals surface area contributed by atoms with Crippen molar-refractivity contribution in [2.24, 2.45) is 16.2 Å². The van der Waals surface area contributed by atoms with Gasteiger partial charge in [0.25, 0.3) is 0 Å². The molecule has 1 heteroatoms. The Labute approximate surface area is 96.3 Å². The molecule has 0 fully saturated rings. The van der Waals surface area contributed by atoms with Crippen molar-refractivity contribution in [3.05, 3.63) is 0 Å². The molecule has 0 heterocycles. The second kappa shape index (κ2) is 4.45. The van der Waals surface area contributed by atoms with Gasteiger partial charge in [0.05, 0.1) is 6.10 Å². The Kier molecular flexibility index (Phi) is 4.44. The fourth-order valence-corrected chi connectivity index (χ4v) is 1.43. The minimum atomic E-state index is -0.211. The molecule has 0 aliphatic rings. The minimum Gasteiger partial charge on any atom is -0.393 e. The van der Waals surface area contributed by atoms with Gasteiger partial charge in [-0.2, -0.15) is 0 Å². The largest absolute Gasteiger partial charge is 0.393 e. The standard InChI is InChI=1S/C14H30O/c1-12(2,3)10-9-11(15)14(7,8)13(4,5)6/h11,15H,9-10H2,1-8H3. The summed E-state index contributed by atoms with van der Waals surface area (Å²) >= 11 is 0. The zero-order valence-electron chi connectivity index (χ0n) is 11.9. The second-order valence-electron chi connectivity index (χ2n) is 7.59. The predicted octanol–water partition coefficient (Wildman–Crippen LogP) is 4.25. The van der Waals surface area contributed by atoms with Crippen LogP contribution in [0.15, 0.2) is 0 Å². The van der Waals surface area contributed by atoms with E-state index >= 15 is 0 Å². The molecule has 0 aliphatic heterocycles. The van der Waals surface area contributed by atoms with Crippen molar-refractivity contribution < 1.29 is 5.11 Å². The molecular formula is C14H30O. The Hall–Kier alpha value is -0.0400. The van der Waals surface area contributed by atoms with E-state index < -0.39 is 0 Å². The third kappa shape index (κ3) is 4.55. The number of aliphatic hydroxyl groups excluding tert-OH is 1. The van der Waals surface area contributed by atoms with Crippen LogP contribution in [-0.4, -0.2) is 11.2 Å². The van der Waals surface area contributed by atoms with Crippen LogP contribution in [0.1, 0.15) is 68.2 Å². The molecule has 0 aliphatic carbocycles. The summed E-state index contributed by atoms with van der Waals surface area (Å²) in [5.41, 5.74) is 0.428. The van der Waals surface area contributed by atoms with E-state index in [2.05, 4.69) is 55.4 Å². The SMILES string of the molecule is CC(C)(C)CCC(O)C(C)(C)C(C)(C)C. The van der Waals surface area contributed by atoms with E-state index in [9.17, 15) is 5.11 Å². The average molecular weight is 214 g/mol. The van der Waals surface area contributed by atoms with E-state index in [0.29, 0.717) is 5.41 Å². The van der Waals surface area contributed by atoms with Gasteiger partial charge in [0.2, 0.25) is 0 Å². The molecule has 1 unspecified atom stereocenters. The quantitative estimate of drug-likeness (QED) is 0.745. The van der Waals surface area contributed by atoms with Gasteiger partial charge in [-0.3, -0.25) is 0 Å². The molecule has 0 aromatic carbocycles. The molecule has 0 spiro atoms. The number of hydrogen-bond acceptors (Lipinski definition) is 1.